The van der Waals surface area contributed by atoms with E-state index in [1.54, 1.807) is 0 Å². The Bertz CT molecular complexity index is 281. The van der Waals surface area contributed by atoms with E-state index in [-0.39, 0.29) is 0 Å². The van der Waals surface area contributed by atoms with E-state index >= 15 is 0 Å². The first-order valence-electron chi connectivity index (χ1n) is 8.28. The van der Waals surface area contributed by atoms with Gasteiger partial charge in [-0.25, -0.2) is 0 Å². The maximum Gasteiger partial charge on any atom is 0.0685 e. The van der Waals surface area contributed by atoms with Gasteiger partial charge in [0, 0.05) is 6.61 Å². The summed E-state index contributed by atoms with van der Waals surface area (Å²) in [5, 5.41) is 3.60. The Hall–Kier alpha value is -0.0800. The molecule has 1 saturated carbocycles. The van der Waals surface area contributed by atoms with E-state index in [4.69, 9.17) is 4.74 Å². The van der Waals surface area contributed by atoms with Crippen molar-refractivity contribution in [1.82, 2.24) is 5.32 Å². The molecule has 1 N–H and O–H groups in total. The molecule has 0 aromatic carbocycles. The van der Waals surface area contributed by atoms with Gasteiger partial charge in [-0.1, -0.05) is 27.7 Å². The average Bonchev–Trinajstić information content (AvgIpc) is 2.33. The molecule has 2 nitrogen and oxygen atoms in total. The van der Waals surface area contributed by atoms with Gasteiger partial charge in [-0.05, 0) is 68.9 Å². The predicted octanol–water partition coefficient (Wildman–Crippen LogP) is 4.00. The van der Waals surface area contributed by atoms with Crippen LogP contribution in [-0.4, -0.2) is 25.3 Å². The molecule has 19 heavy (non-hydrogen) atoms. The van der Waals surface area contributed by atoms with Gasteiger partial charge in [0.1, 0.15) is 0 Å². The molecule has 1 atom stereocenters. The zero-order valence-corrected chi connectivity index (χ0v) is 13.4. The fourth-order valence-corrected chi connectivity index (χ4v) is 3.62. The lowest BCUT2D eigenvalue weighted by Crippen LogP contribution is -2.48. The van der Waals surface area contributed by atoms with Crippen LogP contribution in [0, 0.1) is 17.3 Å². The highest BCUT2D eigenvalue weighted by Gasteiger charge is 2.45. The third kappa shape index (κ3) is 3.95. The summed E-state index contributed by atoms with van der Waals surface area (Å²) in [6, 6.07) is 0. The van der Waals surface area contributed by atoms with Gasteiger partial charge in [-0.15, -0.1) is 0 Å². The van der Waals surface area contributed by atoms with Crippen molar-refractivity contribution in [2.45, 2.75) is 71.8 Å². The zero-order valence-electron chi connectivity index (χ0n) is 13.4. The summed E-state index contributed by atoms with van der Waals surface area (Å²) in [4.78, 5) is 0. The minimum absolute atomic E-state index is 0.297. The SMILES string of the molecule is CC(C)CNCCC(C)(C)C1CCOC2(CCC2)C1. The van der Waals surface area contributed by atoms with E-state index < -0.39 is 0 Å². The largest absolute Gasteiger partial charge is 0.375 e. The summed E-state index contributed by atoms with van der Waals surface area (Å²) in [5.41, 5.74) is 0.752. The van der Waals surface area contributed by atoms with Crippen LogP contribution in [0.4, 0.5) is 0 Å². The molecule has 1 unspecified atom stereocenters. The van der Waals surface area contributed by atoms with E-state index in [0.29, 0.717) is 11.0 Å². The molecule has 2 heteroatoms. The predicted molar refractivity (Wildman–Crippen MR) is 81.4 cm³/mol. The molecule has 1 aliphatic heterocycles. The smallest absolute Gasteiger partial charge is 0.0685 e. The van der Waals surface area contributed by atoms with Gasteiger partial charge in [-0.2, -0.15) is 0 Å². The van der Waals surface area contributed by atoms with E-state index in [9.17, 15) is 0 Å². The molecular weight excluding hydrogens is 234 g/mol. The van der Waals surface area contributed by atoms with Gasteiger partial charge in [0.2, 0.25) is 0 Å². The van der Waals surface area contributed by atoms with Crippen molar-refractivity contribution >= 4 is 0 Å². The molecule has 1 aliphatic carbocycles. The lowest BCUT2D eigenvalue weighted by Gasteiger charge is -2.51. The maximum atomic E-state index is 6.07. The monoisotopic (exact) mass is 267 g/mol. The highest BCUT2D eigenvalue weighted by Crippen LogP contribution is 2.49. The first-order chi connectivity index (χ1) is 8.94. The Labute approximate surface area is 119 Å². The van der Waals surface area contributed by atoms with Crippen LogP contribution in [0.25, 0.3) is 0 Å². The minimum atomic E-state index is 0.297. The molecule has 1 spiro atoms. The third-order valence-electron chi connectivity index (χ3n) is 5.36. The fraction of sp³-hybridized carbons (Fsp3) is 1.00. The molecule has 2 fully saturated rings. The summed E-state index contributed by atoms with van der Waals surface area (Å²) in [6.45, 7) is 12.8. The summed E-state index contributed by atoms with van der Waals surface area (Å²) >= 11 is 0. The van der Waals surface area contributed by atoms with Crippen molar-refractivity contribution in [2.75, 3.05) is 19.7 Å². The minimum Gasteiger partial charge on any atom is -0.375 e. The molecule has 1 heterocycles. The van der Waals surface area contributed by atoms with Gasteiger partial charge < -0.3 is 10.1 Å². The van der Waals surface area contributed by atoms with Gasteiger partial charge in [0.25, 0.3) is 0 Å². The van der Waals surface area contributed by atoms with E-state index in [1.165, 1.54) is 38.5 Å². The van der Waals surface area contributed by atoms with Gasteiger partial charge >= 0.3 is 0 Å². The molecule has 1 saturated heterocycles. The zero-order chi connectivity index (χ0) is 13.9. The number of hydrogen-bond acceptors (Lipinski definition) is 2. The number of rotatable bonds is 6. The Morgan fingerprint density at radius 2 is 2.05 bits per heavy atom. The highest BCUT2D eigenvalue weighted by atomic mass is 16.5. The Morgan fingerprint density at radius 3 is 2.63 bits per heavy atom. The summed E-state index contributed by atoms with van der Waals surface area (Å²) in [7, 11) is 0. The second kappa shape index (κ2) is 6.13. The standard InChI is InChI=1S/C17H33NO/c1-14(2)13-18-10-9-16(3,4)15-6-11-19-17(12-15)7-5-8-17/h14-15,18H,5-13H2,1-4H3. The van der Waals surface area contributed by atoms with Crippen molar-refractivity contribution in [3.8, 4) is 0 Å². The van der Waals surface area contributed by atoms with Crippen LogP contribution < -0.4 is 5.32 Å². The van der Waals surface area contributed by atoms with Crippen LogP contribution >= 0.6 is 0 Å². The molecule has 2 aliphatic rings. The normalized spacial score (nSPS) is 26.7. The van der Waals surface area contributed by atoms with Crippen LogP contribution in [0.1, 0.15) is 66.2 Å². The van der Waals surface area contributed by atoms with Crippen LogP contribution in [0.3, 0.4) is 0 Å². The molecule has 2 rings (SSSR count). The van der Waals surface area contributed by atoms with Crippen molar-refractivity contribution in [3.63, 3.8) is 0 Å². The molecule has 0 amide bonds. The van der Waals surface area contributed by atoms with Crippen LogP contribution in [0.2, 0.25) is 0 Å². The van der Waals surface area contributed by atoms with Crippen LogP contribution in [0.15, 0.2) is 0 Å². The van der Waals surface area contributed by atoms with Crippen molar-refractivity contribution in [1.29, 1.82) is 0 Å². The van der Waals surface area contributed by atoms with Crippen molar-refractivity contribution < 1.29 is 4.74 Å². The van der Waals surface area contributed by atoms with Crippen LogP contribution in [-0.2, 0) is 4.74 Å². The summed E-state index contributed by atoms with van der Waals surface area (Å²) in [5.74, 6) is 1.60. The number of hydrogen-bond donors (Lipinski definition) is 1. The second-order valence-electron chi connectivity index (χ2n) is 7.91. The molecule has 0 aromatic rings. The topological polar surface area (TPSA) is 21.3 Å². The maximum absolute atomic E-state index is 6.07. The quantitative estimate of drug-likeness (QED) is 0.735. The van der Waals surface area contributed by atoms with Crippen LogP contribution in [0.5, 0.6) is 0 Å². The molecule has 0 aromatic heterocycles. The molecular formula is C17H33NO. The average molecular weight is 267 g/mol. The summed E-state index contributed by atoms with van der Waals surface area (Å²) < 4.78 is 6.07. The van der Waals surface area contributed by atoms with Gasteiger partial charge in [0.15, 0.2) is 0 Å². The van der Waals surface area contributed by atoms with E-state index in [2.05, 4.69) is 33.0 Å². The van der Waals surface area contributed by atoms with Gasteiger partial charge in [-0.3, -0.25) is 0 Å². The molecule has 112 valence electrons. The van der Waals surface area contributed by atoms with Crippen molar-refractivity contribution in [3.05, 3.63) is 0 Å². The number of nitrogens with one attached hydrogen (secondary N) is 1. The second-order valence-corrected chi connectivity index (χ2v) is 7.91. The number of ether oxygens (including phenoxy) is 1. The lowest BCUT2D eigenvalue weighted by molar-refractivity contribution is -0.158. The van der Waals surface area contributed by atoms with E-state index in [0.717, 1.165) is 31.5 Å². The first-order valence-corrected chi connectivity index (χ1v) is 8.28. The molecule has 0 bridgehead atoms. The first kappa shape index (κ1) is 15.3. The van der Waals surface area contributed by atoms with Crippen molar-refractivity contribution in [2.24, 2.45) is 17.3 Å². The van der Waals surface area contributed by atoms with E-state index in [1.807, 2.05) is 0 Å². The molecule has 0 radical (unpaired) electrons. The Kier molecular flexibility index (Phi) is 4.94. The lowest BCUT2D eigenvalue weighted by atomic mass is 9.64. The fourth-order valence-electron chi connectivity index (χ4n) is 3.62. The summed E-state index contributed by atoms with van der Waals surface area (Å²) in [6.07, 6.45) is 7.86. The highest BCUT2D eigenvalue weighted by molar-refractivity contribution is 4.97. The third-order valence-corrected chi connectivity index (χ3v) is 5.36. The Balaban J connectivity index is 1.77. The van der Waals surface area contributed by atoms with Gasteiger partial charge in [0.05, 0.1) is 5.60 Å². The Morgan fingerprint density at radius 1 is 1.32 bits per heavy atom.